The first-order chi connectivity index (χ1) is 10.8. The summed E-state index contributed by atoms with van der Waals surface area (Å²) >= 11 is 0. The van der Waals surface area contributed by atoms with Crippen molar-refractivity contribution in [3.63, 3.8) is 0 Å². The van der Waals surface area contributed by atoms with E-state index in [1.54, 1.807) is 17.1 Å². The van der Waals surface area contributed by atoms with E-state index < -0.39 is 0 Å². The number of rotatable bonds is 3. The molecular formula is C14H12N8. The van der Waals surface area contributed by atoms with Crippen LogP contribution in [0.5, 0.6) is 0 Å². The summed E-state index contributed by atoms with van der Waals surface area (Å²) in [5.74, 6) is 1.34. The quantitative estimate of drug-likeness (QED) is 0.598. The van der Waals surface area contributed by atoms with Gasteiger partial charge in [-0.1, -0.05) is 6.07 Å². The van der Waals surface area contributed by atoms with E-state index in [0.29, 0.717) is 5.95 Å². The molecule has 22 heavy (non-hydrogen) atoms. The van der Waals surface area contributed by atoms with Crippen molar-refractivity contribution in [2.75, 3.05) is 5.32 Å². The lowest BCUT2D eigenvalue weighted by Crippen LogP contribution is -2.02. The SMILES string of the molecule is Cn1nccc1Nc1nccc(-c2ccc3n[nH]nc3c2)n1. The molecule has 0 saturated heterocycles. The molecule has 3 aromatic heterocycles. The Bertz CT molecular complexity index is 939. The van der Waals surface area contributed by atoms with Crippen molar-refractivity contribution in [3.05, 3.63) is 42.7 Å². The molecule has 0 aliphatic rings. The number of aromatic amines is 1. The Kier molecular flexibility index (Phi) is 2.78. The van der Waals surface area contributed by atoms with Gasteiger partial charge in [0.15, 0.2) is 0 Å². The standard InChI is InChI=1S/C14H12N8/c1-22-13(5-7-16-22)18-14-15-6-4-10(17-14)9-2-3-11-12(8-9)20-21-19-11/h2-8H,1H3,(H,15,17,18)(H,19,20,21). The minimum Gasteiger partial charge on any atom is -0.309 e. The first kappa shape index (κ1) is 12.5. The molecule has 1 aromatic carbocycles. The Hall–Kier alpha value is -3.29. The number of benzene rings is 1. The van der Waals surface area contributed by atoms with Gasteiger partial charge in [-0.05, 0) is 18.2 Å². The molecule has 0 unspecified atom stereocenters. The third-order valence-corrected chi connectivity index (χ3v) is 3.33. The minimum atomic E-state index is 0.515. The number of hydrogen-bond donors (Lipinski definition) is 2. The van der Waals surface area contributed by atoms with Crippen molar-refractivity contribution < 1.29 is 0 Å². The summed E-state index contributed by atoms with van der Waals surface area (Å²) in [6.45, 7) is 0. The number of aryl methyl sites for hydroxylation is 1. The molecule has 2 N–H and O–H groups in total. The van der Waals surface area contributed by atoms with Crippen molar-refractivity contribution in [1.29, 1.82) is 0 Å². The Morgan fingerprint density at radius 3 is 2.82 bits per heavy atom. The molecule has 8 heteroatoms. The van der Waals surface area contributed by atoms with Gasteiger partial charge >= 0.3 is 0 Å². The van der Waals surface area contributed by atoms with Crippen LogP contribution in [-0.4, -0.2) is 35.2 Å². The van der Waals surface area contributed by atoms with Crippen LogP contribution < -0.4 is 5.32 Å². The predicted molar refractivity (Wildman–Crippen MR) is 81.4 cm³/mol. The molecule has 0 aliphatic heterocycles. The Morgan fingerprint density at radius 2 is 1.95 bits per heavy atom. The van der Waals surface area contributed by atoms with E-state index in [9.17, 15) is 0 Å². The number of fused-ring (bicyclic) bond motifs is 1. The number of nitrogens with zero attached hydrogens (tertiary/aromatic N) is 6. The van der Waals surface area contributed by atoms with Gasteiger partial charge in [0.1, 0.15) is 16.9 Å². The molecule has 0 bridgehead atoms. The topological polar surface area (TPSA) is 97.2 Å². The fourth-order valence-corrected chi connectivity index (χ4v) is 2.19. The van der Waals surface area contributed by atoms with Gasteiger partial charge in [0.2, 0.25) is 5.95 Å². The van der Waals surface area contributed by atoms with Crippen molar-refractivity contribution in [1.82, 2.24) is 35.2 Å². The highest BCUT2D eigenvalue weighted by molar-refractivity contribution is 5.80. The molecule has 4 rings (SSSR count). The van der Waals surface area contributed by atoms with E-state index in [1.807, 2.05) is 37.4 Å². The van der Waals surface area contributed by atoms with Crippen molar-refractivity contribution in [2.24, 2.45) is 7.05 Å². The largest absolute Gasteiger partial charge is 0.309 e. The zero-order valence-electron chi connectivity index (χ0n) is 11.7. The summed E-state index contributed by atoms with van der Waals surface area (Å²) in [5, 5.41) is 18.0. The smallest absolute Gasteiger partial charge is 0.228 e. The lowest BCUT2D eigenvalue weighted by atomic mass is 10.1. The Labute approximate surface area is 125 Å². The predicted octanol–water partition coefficient (Wildman–Crippen LogP) is 1.89. The molecule has 0 amide bonds. The lowest BCUT2D eigenvalue weighted by molar-refractivity contribution is 0.775. The van der Waals surface area contributed by atoms with Crippen LogP contribution in [0.15, 0.2) is 42.7 Å². The van der Waals surface area contributed by atoms with Gasteiger partial charge < -0.3 is 5.32 Å². The highest BCUT2D eigenvalue weighted by Crippen LogP contribution is 2.22. The summed E-state index contributed by atoms with van der Waals surface area (Å²) in [6, 6.07) is 9.52. The van der Waals surface area contributed by atoms with Crippen LogP contribution in [0.25, 0.3) is 22.3 Å². The van der Waals surface area contributed by atoms with E-state index in [2.05, 4.69) is 35.8 Å². The van der Waals surface area contributed by atoms with Crippen LogP contribution in [0.1, 0.15) is 0 Å². The monoisotopic (exact) mass is 292 g/mol. The molecule has 0 radical (unpaired) electrons. The van der Waals surface area contributed by atoms with Crippen LogP contribution in [0.4, 0.5) is 11.8 Å². The van der Waals surface area contributed by atoms with E-state index >= 15 is 0 Å². The van der Waals surface area contributed by atoms with Gasteiger partial charge in [-0.15, -0.1) is 0 Å². The maximum absolute atomic E-state index is 4.53. The Balaban J connectivity index is 1.70. The van der Waals surface area contributed by atoms with Gasteiger partial charge in [0.05, 0.1) is 11.9 Å². The van der Waals surface area contributed by atoms with Crippen LogP contribution in [0, 0.1) is 0 Å². The summed E-state index contributed by atoms with van der Waals surface area (Å²) in [5.41, 5.74) is 3.39. The van der Waals surface area contributed by atoms with Crippen LogP contribution >= 0.6 is 0 Å². The molecule has 0 aliphatic carbocycles. The van der Waals surface area contributed by atoms with E-state index in [4.69, 9.17) is 0 Å². The maximum Gasteiger partial charge on any atom is 0.228 e. The first-order valence-corrected chi connectivity index (χ1v) is 6.68. The molecule has 8 nitrogen and oxygen atoms in total. The molecule has 0 fully saturated rings. The second kappa shape index (κ2) is 4.92. The summed E-state index contributed by atoms with van der Waals surface area (Å²) < 4.78 is 1.72. The average molecular weight is 292 g/mol. The number of H-pyrrole nitrogens is 1. The Morgan fingerprint density at radius 1 is 1.05 bits per heavy atom. The minimum absolute atomic E-state index is 0.515. The molecular weight excluding hydrogens is 280 g/mol. The highest BCUT2D eigenvalue weighted by atomic mass is 15.3. The van der Waals surface area contributed by atoms with Crippen LogP contribution in [0.3, 0.4) is 0 Å². The zero-order chi connectivity index (χ0) is 14.9. The molecule has 0 saturated carbocycles. The van der Waals surface area contributed by atoms with Gasteiger partial charge in [0.25, 0.3) is 0 Å². The average Bonchev–Trinajstić information content (AvgIpc) is 3.16. The summed E-state index contributed by atoms with van der Waals surface area (Å²) in [7, 11) is 1.85. The number of hydrogen-bond acceptors (Lipinski definition) is 6. The van der Waals surface area contributed by atoms with Crippen LogP contribution in [-0.2, 0) is 7.05 Å². The third-order valence-electron chi connectivity index (χ3n) is 3.33. The fourth-order valence-electron chi connectivity index (χ4n) is 2.19. The van der Waals surface area contributed by atoms with E-state index in [-0.39, 0.29) is 0 Å². The van der Waals surface area contributed by atoms with Gasteiger partial charge in [-0.3, -0.25) is 4.68 Å². The summed E-state index contributed by atoms with van der Waals surface area (Å²) in [6.07, 6.45) is 3.43. The molecule has 108 valence electrons. The third kappa shape index (κ3) is 2.16. The number of aromatic nitrogens is 7. The number of nitrogens with one attached hydrogen (secondary N) is 2. The molecule has 3 heterocycles. The highest BCUT2D eigenvalue weighted by Gasteiger charge is 2.06. The van der Waals surface area contributed by atoms with Crippen LogP contribution in [0.2, 0.25) is 0 Å². The lowest BCUT2D eigenvalue weighted by Gasteiger charge is -2.06. The normalized spacial score (nSPS) is 11.0. The second-order valence-corrected chi connectivity index (χ2v) is 4.76. The van der Waals surface area contributed by atoms with E-state index in [1.165, 1.54) is 0 Å². The maximum atomic E-state index is 4.53. The van der Waals surface area contributed by atoms with Gasteiger partial charge in [-0.25, -0.2) is 9.97 Å². The first-order valence-electron chi connectivity index (χ1n) is 6.68. The van der Waals surface area contributed by atoms with E-state index in [0.717, 1.165) is 28.1 Å². The number of anilines is 2. The fraction of sp³-hybridized carbons (Fsp3) is 0.0714. The molecule has 0 spiro atoms. The molecule has 4 aromatic rings. The van der Waals surface area contributed by atoms with Crippen molar-refractivity contribution >= 4 is 22.8 Å². The van der Waals surface area contributed by atoms with Gasteiger partial charge in [0, 0.05) is 24.9 Å². The zero-order valence-corrected chi connectivity index (χ0v) is 11.7. The summed E-state index contributed by atoms with van der Waals surface area (Å²) in [4.78, 5) is 8.76. The second-order valence-electron chi connectivity index (χ2n) is 4.76. The van der Waals surface area contributed by atoms with Gasteiger partial charge in [-0.2, -0.15) is 20.5 Å². The van der Waals surface area contributed by atoms with Crippen molar-refractivity contribution in [2.45, 2.75) is 0 Å². The van der Waals surface area contributed by atoms with Crippen molar-refractivity contribution in [3.8, 4) is 11.3 Å². The molecule has 0 atom stereocenters.